The number of carbonyl (C=O) groups is 2. The number of fused-ring (bicyclic) bond motifs is 1. The van der Waals surface area contributed by atoms with Crippen LogP contribution in [0.1, 0.15) is 15.9 Å². The first kappa shape index (κ1) is 23.6. The summed E-state index contributed by atoms with van der Waals surface area (Å²) in [6.07, 6.45) is 0.800. The number of nitrogens with zero attached hydrogens (tertiary/aromatic N) is 1. The van der Waals surface area contributed by atoms with Gasteiger partial charge in [0.2, 0.25) is 5.91 Å². The SMILES string of the molecule is O=C(CSc1nc2ccc(NC(=O)c3ccc(Cl)cc3Cl)cc2s1)NCCc1ccccc1. The van der Waals surface area contributed by atoms with Gasteiger partial charge in [-0.1, -0.05) is 65.3 Å². The lowest BCUT2D eigenvalue weighted by molar-refractivity contribution is -0.118. The zero-order valence-corrected chi connectivity index (χ0v) is 20.5. The van der Waals surface area contributed by atoms with Gasteiger partial charge in [0, 0.05) is 17.3 Å². The molecule has 4 aromatic rings. The molecule has 4 rings (SSSR count). The Balaban J connectivity index is 1.32. The molecule has 0 aliphatic rings. The highest BCUT2D eigenvalue weighted by molar-refractivity contribution is 8.01. The zero-order chi connectivity index (χ0) is 23.2. The molecule has 1 aromatic heterocycles. The molecular weight excluding hydrogens is 497 g/mol. The van der Waals surface area contributed by atoms with E-state index in [1.54, 1.807) is 18.2 Å². The third-order valence-electron chi connectivity index (χ3n) is 4.71. The maximum atomic E-state index is 12.5. The van der Waals surface area contributed by atoms with E-state index >= 15 is 0 Å². The summed E-state index contributed by atoms with van der Waals surface area (Å²) in [6.45, 7) is 0.601. The first-order chi connectivity index (χ1) is 16.0. The van der Waals surface area contributed by atoms with E-state index in [9.17, 15) is 9.59 Å². The van der Waals surface area contributed by atoms with Crippen LogP contribution in [-0.4, -0.2) is 29.1 Å². The lowest BCUT2D eigenvalue weighted by atomic mass is 10.1. The number of hydrogen-bond donors (Lipinski definition) is 2. The molecule has 168 valence electrons. The van der Waals surface area contributed by atoms with E-state index in [1.165, 1.54) is 34.7 Å². The van der Waals surface area contributed by atoms with Crippen LogP contribution < -0.4 is 10.6 Å². The van der Waals surface area contributed by atoms with Gasteiger partial charge in [-0.3, -0.25) is 9.59 Å². The van der Waals surface area contributed by atoms with Gasteiger partial charge in [-0.15, -0.1) is 11.3 Å². The van der Waals surface area contributed by atoms with Crippen LogP contribution in [0.2, 0.25) is 10.0 Å². The Morgan fingerprint density at radius 2 is 1.82 bits per heavy atom. The molecule has 9 heteroatoms. The average molecular weight is 516 g/mol. The highest BCUT2D eigenvalue weighted by Gasteiger charge is 2.13. The minimum atomic E-state index is -0.317. The fraction of sp³-hybridized carbons (Fsp3) is 0.125. The molecule has 5 nitrogen and oxygen atoms in total. The summed E-state index contributed by atoms with van der Waals surface area (Å²) in [5, 5.41) is 6.55. The smallest absolute Gasteiger partial charge is 0.257 e. The Hall–Kier alpha value is -2.58. The molecule has 0 atom stereocenters. The molecule has 0 aliphatic carbocycles. The van der Waals surface area contributed by atoms with Gasteiger partial charge in [-0.05, 0) is 48.4 Å². The summed E-state index contributed by atoms with van der Waals surface area (Å²) in [6, 6.07) is 20.3. The molecule has 3 aromatic carbocycles. The van der Waals surface area contributed by atoms with Gasteiger partial charge >= 0.3 is 0 Å². The van der Waals surface area contributed by atoms with E-state index < -0.39 is 0 Å². The summed E-state index contributed by atoms with van der Waals surface area (Å²) in [5.74, 6) is -0.0434. The van der Waals surface area contributed by atoms with Crippen molar-refractivity contribution in [3.05, 3.63) is 87.9 Å². The second-order valence-electron chi connectivity index (χ2n) is 7.11. The lowest BCUT2D eigenvalue weighted by Gasteiger charge is -2.07. The zero-order valence-electron chi connectivity index (χ0n) is 17.3. The van der Waals surface area contributed by atoms with Crippen molar-refractivity contribution < 1.29 is 9.59 Å². The number of hydrogen-bond acceptors (Lipinski definition) is 5. The van der Waals surface area contributed by atoms with Gasteiger partial charge in [0.1, 0.15) is 0 Å². The predicted molar refractivity (Wildman–Crippen MR) is 138 cm³/mol. The van der Waals surface area contributed by atoms with Crippen molar-refractivity contribution in [2.24, 2.45) is 0 Å². The van der Waals surface area contributed by atoms with Crippen LogP contribution in [0.25, 0.3) is 10.2 Å². The molecule has 33 heavy (non-hydrogen) atoms. The van der Waals surface area contributed by atoms with Crippen LogP contribution in [0.3, 0.4) is 0 Å². The van der Waals surface area contributed by atoms with Crippen molar-refractivity contribution in [2.45, 2.75) is 10.8 Å². The number of thiazole rings is 1. The summed E-state index contributed by atoms with van der Waals surface area (Å²) in [7, 11) is 0. The molecule has 0 bridgehead atoms. The monoisotopic (exact) mass is 515 g/mol. The highest BCUT2D eigenvalue weighted by atomic mass is 35.5. The number of aromatic nitrogens is 1. The van der Waals surface area contributed by atoms with E-state index in [0.717, 1.165) is 21.0 Å². The largest absolute Gasteiger partial charge is 0.355 e. The Morgan fingerprint density at radius 1 is 1.00 bits per heavy atom. The average Bonchev–Trinajstić information content (AvgIpc) is 3.20. The van der Waals surface area contributed by atoms with Gasteiger partial charge in [-0.2, -0.15) is 0 Å². The summed E-state index contributed by atoms with van der Waals surface area (Å²) < 4.78 is 1.72. The molecule has 2 N–H and O–H groups in total. The molecule has 0 saturated carbocycles. The quantitative estimate of drug-likeness (QED) is 0.270. The number of nitrogens with one attached hydrogen (secondary N) is 2. The van der Waals surface area contributed by atoms with Crippen molar-refractivity contribution in [1.82, 2.24) is 10.3 Å². The Kier molecular flexibility index (Phi) is 7.88. The first-order valence-electron chi connectivity index (χ1n) is 10.1. The van der Waals surface area contributed by atoms with Crippen molar-refractivity contribution in [1.29, 1.82) is 0 Å². The number of rotatable bonds is 8. The molecule has 2 amide bonds. The van der Waals surface area contributed by atoms with Gasteiger partial charge in [0.15, 0.2) is 4.34 Å². The number of amides is 2. The maximum absolute atomic E-state index is 12.5. The molecule has 0 fully saturated rings. The number of thioether (sulfide) groups is 1. The fourth-order valence-electron chi connectivity index (χ4n) is 3.08. The maximum Gasteiger partial charge on any atom is 0.257 e. The van der Waals surface area contributed by atoms with Crippen LogP contribution in [0.15, 0.2) is 71.1 Å². The summed E-state index contributed by atoms with van der Waals surface area (Å²) in [5.41, 5.74) is 2.99. The molecule has 1 heterocycles. The van der Waals surface area contributed by atoms with Crippen molar-refractivity contribution in [2.75, 3.05) is 17.6 Å². The molecule has 0 unspecified atom stereocenters. The number of benzene rings is 3. The van der Waals surface area contributed by atoms with Crippen LogP contribution in [0.5, 0.6) is 0 Å². The topological polar surface area (TPSA) is 71.1 Å². The standard InChI is InChI=1S/C24H19Cl2N3O2S2/c25-16-6-8-18(19(26)12-16)23(31)28-17-7-9-20-21(13-17)33-24(29-20)32-14-22(30)27-11-10-15-4-2-1-3-5-15/h1-9,12-13H,10-11,14H2,(H,27,30)(H,28,31). The van der Waals surface area contributed by atoms with Gasteiger partial charge in [-0.25, -0.2) is 4.98 Å². The Bertz CT molecular complexity index is 1300. The van der Waals surface area contributed by atoms with E-state index in [0.29, 0.717) is 33.6 Å². The van der Waals surface area contributed by atoms with Crippen molar-refractivity contribution in [3.63, 3.8) is 0 Å². The van der Waals surface area contributed by atoms with E-state index in [1.807, 2.05) is 42.5 Å². The second kappa shape index (κ2) is 11.0. The van der Waals surface area contributed by atoms with Crippen LogP contribution >= 0.6 is 46.3 Å². The third kappa shape index (κ3) is 6.48. The van der Waals surface area contributed by atoms with Crippen LogP contribution in [0, 0.1) is 0 Å². The van der Waals surface area contributed by atoms with Crippen LogP contribution in [0.4, 0.5) is 5.69 Å². The normalized spacial score (nSPS) is 10.8. The molecule has 0 spiro atoms. The minimum absolute atomic E-state index is 0.0250. The molecular formula is C24H19Cl2N3O2S2. The van der Waals surface area contributed by atoms with E-state index in [4.69, 9.17) is 23.2 Å². The van der Waals surface area contributed by atoms with Gasteiger partial charge in [0.25, 0.3) is 5.91 Å². The van der Waals surface area contributed by atoms with Crippen LogP contribution in [-0.2, 0) is 11.2 Å². The lowest BCUT2D eigenvalue weighted by Crippen LogP contribution is -2.27. The first-order valence-corrected chi connectivity index (χ1v) is 12.6. The predicted octanol–water partition coefficient (Wildman–Crippen LogP) is 6.31. The molecule has 0 saturated heterocycles. The van der Waals surface area contributed by atoms with Gasteiger partial charge < -0.3 is 10.6 Å². The Labute approximate surface area is 209 Å². The molecule has 0 radical (unpaired) electrons. The molecule has 0 aliphatic heterocycles. The minimum Gasteiger partial charge on any atom is -0.355 e. The van der Waals surface area contributed by atoms with Gasteiger partial charge in [0.05, 0.1) is 26.6 Å². The van der Waals surface area contributed by atoms with E-state index in [2.05, 4.69) is 15.6 Å². The summed E-state index contributed by atoms with van der Waals surface area (Å²) in [4.78, 5) is 29.3. The number of halogens is 2. The number of carbonyl (C=O) groups excluding carboxylic acids is 2. The number of anilines is 1. The third-order valence-corrected chi connectivity index (χ3v) is 7.42. The second-order valence-corrected chi connectivity index (χ2v) is 10.2. The fourth-order valence-corrected chi connectivity index (χ4v) is 5.52. The van der Waals surface area contributed by atoms with E-state index in [-0.39, 0.29) is 11.8 Å². The van der Waals surface area contributed by atoms with Crippen molar-refractivity contribution in [3.8, 4) is 0 Å². The Morgan fingerprint density at radius 3 is 2.61 bits per heavy atom. The van der Waals surface area contributed by atoms with Crippen molar-refractivity contribution >= 4 is 74.0 Å². The highest BCUT2D eigenvalue weighted by Crippen LogP contribution is 2.31. The summed E-state index contributed by atoms with van der Waals surface area (Å²) >= 11 is 14.9.